The minimum Gasteiger partial charge on any atom is -0.391 e. The van der Waals surface area contributed by atoms with E-state index in [0.29, 0.717) is 32.5 Å². The average molecular weight is 881 g/mol. The van der Waals surface area contributed by atoms with Gasteiger partial charge in [-0.3, -0.25) is 19.3 Å². The van der Waals surface area contributed by atoms with Crippen molar-refractivity contribution in [1.29, 1.82) is 0 Å². The van der Waals surface area contributed by atoms with Gasteiger partial charge in [0.25, 0.3) is 0 Å². The molecule has 7 rings (SSSR count). The van der Waals surface area contributed by atoms with Crippen molar-refractivity contribution in [2.45, 2.75) is 129 Å². The molecule has 346 valence electrons. The third kappa shape index (κ3) is 12.1. The zero-order valence-corrected chi connectivity index (χ0v) is 38.4. The number of aromatic nitrogens is 4. The van der Waals surface area contributed by atoms with Gasteiger partial charge >= 0.3 is 0 Å². The number of nitrogens with one attached hydrogen (secondary N) is 2. The maximum atomic E-state index is 14.1. The molecule has 0 saturated carbocycles. The van der Waals surface area contributed by atoms with Gasteiger partial charge in [-0.25, -0.2) is 18.9 Å². The van der Waals surface area contributed by atoms with Gasteiger partial charge in [-0.1, -0.05) is 77.5 Å². The zero-order valence-electron chi connectivity index (χ0n) is 38.4. The monoisotopic (exact) mass is 881 g/mol. The van der Waals surface area contributed by atoms with E-state index in [1.807, 2.05) is 74.8 Å². The number of carbonyl (C=O) groups is 3. The lowest BCUT2D eigenvalue weighted by Gasteiger charge is -2.35. The Kier molecular flexibility index (Phi) is 15.9. The molecular weight excluding hydrogens is 812 g/mol. The van der Waals surface area contributed by atoms with Crippen molar-refractivity contribution in [3.8, 4) is 11.4 Å². The second kappa shape index (κ2) is 21.7. The van der Waals surface area contributed by atoms with Gasteiger partial charge < -0.3 is 30.4 Å². The van der Waals surface area contributed by atoms with Crippen LogP contribution in [0.3, 0.4) is 0 Å². The highest BCUT2D eigenvalue weighted by Crippen LogP contribution is 2.36. The molecule has 0 spiro atoms. The van der Waals surface area contributed by atoms with E-state index >= 15 is 0 Å². The SMILES string of the molecule is C[C@@H]1C[C@@H](O)CN1C(=O)[C@@H](NC(=O)CCCCCCCCCCNC(=O)CN1CCN(c2cccc(-c3cnc4ccc(N5CCC[C@@H]5c5cccc(F)c5)nn34)n2)CC1)C(C)(C)C. The lowest BCUT2D eigenvalue weighted by atomic mass is 9.85. The molecule has 6 heterocycles. The van der Waals surface area contributed by atoms with Gasteiger partial charge in [-0.2, -0.15) is 0 Å². The van der Waals surface area contributed by atoms with Gasteiger partial charge in [0.1, 0.15) is 29.2 Å². The number of benzene rings is 1. The molecule has 0 radical (unpaired) electrons. The molecule has 0 bridgehead atoms. The minimum atomic E-state index is -0.612. The number of amides is 3. The lowest BCUT2D eigenvalue weighted by Crippen LogP contribution is -2.55. The number of β-amino-alcohol motifs (C(OH)–C–C–N with tert-alkyl or cyclic N) is 1. The Hall–Kier alpha value is -5.15. The fourth-order valence-electron chi connectivity index (χ4n) is 9.49. The predicted molar refractivity (Wildman–Crippen MR) is 248 cm³/mol. The maximum absolute atomic E-state index is 14.1. The van der Waals surface area contributed by atoms with Gasteiger partial charge in [-0.05, 0) is 86.4 Å². The average Bonchev–Trinajstić information content (AvgIpc) is 4.02. The van der Waals surface area contributed by atoms with Crippen LogP contribution >= 0.6 is 0 Å². The van der Waals surface area contributed by atoms with Crippen LogP contribution in [0.15, 0.2) is 60.8 Å². The Bertz CT molecular complexity index is 2190. The molecule has 3 aliphatic heterocycles. The van der Waals surface area contributed by atoms with Crippen molar-refractivity contribution >= 4 is 35.0 Å². The summed E-state index contributed by atoms with van der Waals surface area (Å²) in [4.78, 5) is 57.0. The Morgan fingerprint density at radius 1 is 0.875 bits per heavy atom. The van der Waals surface area contributed by atoms with Crippen LogP contribution in [0.2, 0.25) is 0 Å². The van der Waals surface area contributed by atoms with Crippen LogP contribution in [0.25, 0.3) is 17.0 Å². The second-order valence-electron chi connectivity index (χ2n) is 19.2. The van der Waals surface area contributed by atoms with Crippen LogP contribution in [0.1, 0.15) is 116 Å². The molecule has 4 aromatic rings. The number of rotatable bonds is 19. The highest BCUT2D eigenvalue weighted by molar-refractivity contribution is 5.88. The van der Waals surface area contributed by atoms with Crippen LogP contribution in [-0.4, -0.2) is 123 Å². The van der Waals surface area contributed by atoms with Gasteiger partial charge in [0.2, 0.25) is 17.7 Å². The van der Waals surface area contributed by atoms with Crippen LogP contribution in [0.4, 0.5) is 16.0 Å². The van der Waals surface area contributed by atoms with E-state index in [1.54, 1.807) is 17.0 Å². The highest BCUT2D eigenvalue weighted by atomic mass is 19.1. The Balaban J connectivity index is 0.759. The largest absolute Gasteiger partial charge is 0.391 e. The summed E-state index contributed by atoms with van der Waals surface area (Å²) in [5, 5.41) is 21.2. The summed E-state index contributed by atoms with van der Waals surface area (Å²) in [6, 6.07) is 16.3. The molecule has 15 heteroatoms. The van der Waals surface area contributed by atoms with Crippen LogP contribution in [0, 0.1) is 11.2 Å². The molecule has 3 fully saturated rings. The molecule has 3 aromatic heterocycles. The summed E-state index contributed by atoms with van der Waals surface area (Å²) < 4.78 is 16.0. The molecule has 3 N–H and O–H groups in total. The Labute approximate surface area is 378 Å². The first-order chi connectivity index (χ1) is 30.8. The van der Waals surface area contributed by atoms with E-state index in [4.69, 9.17) is 10.1 Å². The summed E-state index contributed by atoms with van der Waals surface area (Å²) in [5.74, 6) is 1.36. The number of likely N-dealkylation sites (tertiary alicyclic amines) is 1. The fraction of sp³-hybridized carbons (Fsp3) is 0.592. The van der Waals surface area contributed by atoms with E-state index < -0.39 is 17.6 Å². The summed E-state index contributed by atoms with van der Waals surface area (Å²) in [7, 11) is 0. The maximum Gasteiger partial charge on any atom is 0.246 e. The molecule has 0 unspecified atom stereocenters. The van der Waals surface area contributed by atoms with Crippen molar-refractivity contribution in [2.24, 2.45) is 5.41 Å². The number of fused-ring (bicyclic) bond motifs is 1. The number of nitrogens with zero attached hydrogens (tertiary/aromatic N) is 8. The molecular formula is C49H69FN10O4. The van der Waals surface area contributed by atoms with Gasteiger partial charge in [0, 0.05) is 58.3 Å². The lowest BCUT2D eigenvalue weighted by molar-refractivity contribution is -0.140. The number of halogens is 1. The Morgan fingerprint density at radius 2 is 1.61 bits per heavy atom. The van der Waals surface area contributed by atoms with Crippen molar-refractivity contribution in [1.82, 2.24) is 40.0 Å². The molecule has 4 atom stereocenters. The number of aliphatic hydroxyl groups is 1. The van der Waals surface area contributed by atoms with Gasteiger partial charge in [0.15, 0.2) is 5.65 Å². The highest BCUT2D eigenvalue weighted by Gasteiger charge is 2.40. The predicted octanol–water partition coefficient (Wildman–Crippen LogP) is 6.53. The molecule has 3 saturated heterocycles. The fourth-order valence-corrected chi connectivity index (χ4v) is 9.49. The van der Waals surface area contributed by atoms with Crippen LogP contribution in [0.5, 0.6) is 0 Å². The molecule has 1 aromatic carbocycles. The number of pyridine rings is 1. The van der Waals surface area contributed by atoms with E-state index in [1.165, 1.54) is 6.07 Å². The third-order valence-electron chi connectivity index (χ3n) is 13.1. The standard InChI is InChI=1S/C49H69FN10O4/c1-35-30-38(61)33-59(35)48(64)47(49(2,3)4)54-45(62)21-11-9-7-5-6-8-10-12-24-51-46(63)34-56-26-28-57(29-27-56)43-20-14-18-39(53-43)41-32-52-42-22-23-44(55-60(41)42)58-25-15-19-40(58)36-16-13-17-37(50)31-36/h13-14,16-18,20,22-23,31-32,35,38,40,47,61H,5-12,15,19,21,24-30,33-34H2,1-4H3,(H,51,63)(H,54,62)/t35-,38-,40-,47-/m1/s1. The molecule has 64 heavy (non-hydrogen) atoms. The van der Waals surface area contributed by atoms with Crippen molar-refractivity contribution < 1.29 is 23.9 Å². The number of hydrogen-bond donors (Lipinski definition) is 3. The number of aliphatic hydroxyl groups excluding tert-OH is 1. The van der Waals surface area contributed by atoms with E-state index in [2.05, 4.69) is 30.3 Å². The Morgan fingerprint density at radius 3 is 2.33 bits per heavy atom. The topological polar surface area (TPSA) is 152 Å². The smallest absolute Gasteiger partial charge is 0.246 e. The number of imidazole rings is 1. The molecule has 14 nitrogen and oxygen atoms in total. The van der Waals surface area contributed by atoms with Crippen molar-refractivity contribution in [3.05, 3.63) is 72.2 Å². The van der Waals surface area contributed by atoms with E-state index in [9.17, 15) is 23.9 Å². The normalized spacial score (nSPS) is 20.0. The molecule has 0 aliphatic carbocycles. The number of carbonyl (C=O) groups excluding carboxylic acids is 3. The first-order valence-electron chi connectivity index (χ1n) is 23.7. The first-order valence-corrected chi connectivity index (χ1v) is 23.7. The second-order valence-corrected chi connectivity index (χ2v) is 19.2. The van der Waals surface area contributed by atoms with Crippen LogP contribution < -0.4 is 20.4 Å². The summed E-state index contributed by atoms with van der Waals surface area (Å²) in [5.41, 5.74) is 2.86. The molecule has 3 amide bonds. The summed E-state index contributed by atoms with van der Waals surface area (Å²) in [6.07, 6.45) is 12.5. The first kappa shape index (κ1) is 46.8. The third-order valence-corrected chi connectivity index (χ3v) is 13.1. The van der Waals surface area contributed by atoms with Crippen molar-refractivity contribution in [2.75, 3.05) is 62.2 Å². The minimum absolute atomic E-state index is 0.0321. The van der Waals surface area contributed by atoms with Gasteiger partial charge in [0.05, 0.1) is 30.6 Å². The van der Waals surface area contributed by atoms with Crippen molar-refractivity contribution in [3.63, 3.8) is 0 Å². The number of hydrogen-bond acceptors (Lipinski definition) is 10. The summed E-state index contributed by atoms with van der Waals surface area (Å²) in [6.45, 7) is 13.2. The number of unbranched alkanes of at least 4 members (excludes halogenated alkanes) is 7. The summed E-state index contributed by atoms with van der Waals surface area (Å²) >= 11 is 0. The number of anilines is 2. The van der Waals surface area contributed by atoms with E-state index in [-0.39, 0.29) is 35.6 Å². The van der Waals surface area contributed by atoms with Crippen LogP contribution in [-0.2, 0) is 14.4 Å². The number of piperazine rings is 1. The molecule has 3 aliphatic rings. The zero-order chi connectivity index (χ0) is 45.2. The van der Waals surface area contributed by atoms with E-state index in [0.717, 1.165) is 131 Å². The quantitative estimate of drug-likeness (QED) is 0.0887. The van der Waals surface area contributed by atoms with Gasteiger partial charge in [-0.15, -0.1) is 5.10 Å².